The van der Waals surface area contributed by atoms with Gasteiger partial charge in [0.25, 0.3) is 0 Å². The van der Waals surface area contributed by atoms with Crippen LogP contribution in [0.2, 0.25) is 0 Å². The fraction of sp³-hybridized carbons (Fsp3) is 0.278. The summed E-state index contributed by atoms with van der Waals surface area (Å²) in [6.07, 6.45) is 2.11. The number of aryl methyl sites for hydroxylation is 2. The highest BCUT2D eigenvalue weighted by molar-refractivity contribution is 5.90. The van der Waals surface area contributed by atoms with Crippen LogP contribution in [0.15, 0.2) is 48.5 Å². The molecule has 0 aromatic heterocycles. The summed E-state index contributed by atoms with van der Waals surface area (Å²) in [5.41, 5.74) is 3.16. The minimum atomic E-state index is 0.0187. The van der Waals surface area contributed by atoms with Gasteiger partial charge in [0.15, 0.2) is 0 Å². The summed E-state index contributed by atoms with van der Waals surface area (Å²) in [6, 6.07) is 15.8. The number of benzene rings is 2. The van der Waals surface area contributed by atoms with E-state index < -0.39 is 0 Å². The van der Waals surface area contributed by atoms with Crippen molar-refractivity contribution in [3.63, 3.8) is 0 Å². The largest absolute Gasteiger partial charge is 0.496 e. The zero-order valence-corrected chi connectivity index (χ0v) is 12.6. The van der Waals surface area contributed by atoms with E-state index in [0.717, 1.165) is 23.4 Å². The highest BCUT2D eigenvalue weighted by atomic mass is 16.5. The monoisotopic (exact) mass is 283 g/mol. The van der Waals surface area contributed by atoms with Gasteiger partial charge in [0, 0.05) is 12.1 Å². The van der Waals surface area contributed by atoms with E-state index in [1.165, 1.54) is 5.56 Å². The van der Waals surface area contributed by atoms with Crippen LogP contribution in [0.5, 0.6) is 5.75 Å². The predicted molar refractivity (Wildman–Crippen MR) is 85.8 cm³/mol. The molecule has 0 saturated heterocycles. The number of carbonyl (C=O) groups is 1. The van der Waals surface area contributed by atoms with Gasteiger partial charge in [-0.15, -0.1) is 0 Å². The fourth-order valence-electron chi connectivity index (χ4n) is 2.20. The lowest BCUT2D eigenvalue weighted by Crippen LogP contribution is -2.12. The zero-order chi connectivity index (χ0) is 15.1. The molecule has 0 atom stereocenters. The molecule has 110 valence electrons. The normalized spacial score (nSPS) is 10.2. The van der Waals surface area contributed by atoms with Crippen molar-refractivity contribution in [2.45, 2.75) is 26.2 Å². The van der Waals surface area contributed by atoms with Gasteiger partial charge in [0.2, 0.25) is 5.91 Å². The second-order valence-electron chi connectivity index (χ2n) is 4.91. The molecule has 0 aliphatic heterocycles. The number of ether oxygens (including phenoxy) is 1. The number of anilines is 1. The Hall–Kier alpha value is -2.29. The number of carbonyl (C=O) groups excluding carboxylic acids is 1. The third-order valence-corrected chi connectivity index (χ3v) is 3.46. The highest BCUT2D eigenvalue weighted by Gasteiger charge is 2.06. The van der Waals surface area contributed by atoms with Crippen molar-refractivity contribution >= 4 is 11.6 Å². The van der Waals surface area contributed by atoms with Gasteiger partial charge in [-0.3, -0.25) is 4.79 Å². The van der Waals surface area contributed by atoms with Gasteiger partial charge in [-0.25, -0.2) is 0 Å². The van der Waals surface area contributed by atoms with Gasteiger partial charge in [0.1, 0.15) is 5.75 Å². The number of hydrogen-bond acceptors (Lipinski definition) is 2. The molecule has 0 unspecified atom stereocenters. The van der Waals surface area contributed by atoms with E-state index in [4.69, 9.17) is 4.74 Å². The molecular weight excluding hydrogens is 262 g/mol. The van der Waals surface area contributed by atoms with Crippen LogP contribution in [-0.2, 0) is 17.6 Å². The maximum atomic E-state index is 12.0. The third-order valence-electron chi connectivity index (χ3n) is 3.46. The van der Waals surface area contributed by atoms with Crippen molar-refractivity contribution < 1.29 is 9.53 Å². The smallest absolute Gasteiger partial charge is 0.224 e. The number of rotatable bonds is 6. The van der Waals surface area contributed by atoms with Crippen LogP contribution in [0.1, 0.15) is 24.5 Å². The van der Waals surface area contributed by atoms with E-state index in [-0.39, 0.29) is 5.91 Å². The maximum absolute atomic E-state index is 12.0. The van der Waals surface area contributed by atoms with Crippen molar-refractivity contribution in [3.05, 3.63) is 59.7 Å². The number of nitrogens with one attached hydrogen (secondary N) is 1. The lowest BCUT2D eigenvalue weighted by Gasteiger charge is -2.09. The van der Waals surface area contributed by atoms with Crippen LogP contribution in [0.25, 0.3) is 0 Å². The molecule has 0 heterocycles. The molecular formula is C18H21NO2. The van der Waals surface area contributed by atoms with Crippen LogP contribution in [0, 0.1) is 0 Å². The summed E-state index contributed by atoms with van der Waals surface area (Å²) in [5, 5.41) is 2.92. The first-order chi connectivity index (χ1) is 10.2. The standard InChI is InChI=1S/C18H21NO2/c1-3-14-8-11-16(12-9-14)19-18(20)13-10-15-6-4-5-7-17(15)21-2/h4-9,11-12H,3,10,13H2,1-2H3,(H,19,20). The summed E-state index contributed by atoms with van der Waals surface area (Å²) in [5.74, 6) is 0.850. The van der Waals surface area contributed by atoms with Crippen molar-refractivity contribution in [3.8, 4) is 5.75 Å². The Morgan fingerprint density at radius 2 is 1.81 bits per heavy atom. The number of hydrogen-bond donors (Lipinski definition) is 1. The third kappa shape index (κ3) is 4.35. The molecule has 1 amide bonds. The Labute approximate surface area is 126 Å². The second-order valence-corrected chi connectivity index (χ2v) is 4.91. The molecule has 1 N–H and O–H groups in total. The average molecular weight is 283 g/mol. The molecule has 0 saturated carbocycles. The lowest BCUT2D eigenvalue weighted by molar-refractivity contribution is -0.116. The lowest BCUT2D eigenvalue weighted by atomic mass is 10.1. The zero-order valence-electron chi connectivity index (χ0n) is 12.6. The number of amides is 1. The molecule has 0 fully saturated rings. The summed E-state index contributed by atoms with van der Waals surface area (Å²) < 4.78 is 5.29. The van der Waals surface area contributed by atoms with E-state index in [0.29, 0.717) is 12.8 Å². The van der Waals surface area contributed by atoms with Gasteiger partial charge in [-0.1, -0.05) is 37.3 Å². The summed E-state index contributed by atoms with van der Waals surface area (Å²) >= 11 is 0. The molecule has 2 aromatic rings. The molecule has 2 rings (SSSR count). The van der Waals surface area contributed by atoms with Crippen molar-refractivity contribution in [2.75, 3.05) is 12.4 Å². The maximum Gasteiger partial charge on any atom is 0.224 e. The average Bonchev–Trinajstić information content (AvgIpc) is 2.54. The first kappa shape index (κ1) is 15.1. The summed E-state index contributed by atoms with van der Waals surface area (Å²) in [6.45, 7) is 2.11. The Morgan fingerprint density at radius 3 is 2.48 bits per heavy atom. The van der Waals surface area contributed by atoms with Gasteiger partial charge in [-0.2, -0.15) is 0 Å². The van der Waals surface area contributed by atoms with E-state index in [2.05, 4.69) is 12.2 Å². The van der Waals surface area contributed by atoms with Crippen molar-refractivity contribution in [1.82, 2.24) is 0 Å². The first-order valence-electron chi connectivity index (χ1n) is 7.23. The van der Waals surface area contributed by atoms with E-state index >= 15 is 0 Å². The molecule has 0 spiro atoms. The molecule has 2 aromatic carbocycles. The first-order valence-corrected chi connectivity index (χ1v) is 7.23. The molecule has 3 nitrogen and oxygen atoms in total. The fourth-order valence-corrected chi connectivity index (χ4v) is 2.20. The van der Waals surface area contributed by atoms with Gasteiger partial charge < -0.3 is 10.1 Å². The van der Waals surface area contributed by atoms with Crippen molar-refractivity contribution in [2.24, 2.45) is 0 Å². The topological polar surface area (TPSA) is 38.3 Å². The second kappa shape index (κ2) is 7.48. The van der Waals surface area contributed by atoms with E-state index in [1.807, 2.05) is 48.5 Å². The Bertz CT molecular complexity index is 590. The van der Waals surface area contributed by atoms with Gasteiger partial charge in [-0.05, 0) is 42.2 Å². The van der Waals surface area contributed by atoms with E-state index in [1.54, 1.807) is 7.11 Å². The number of para-hydroxylation sites is 1. The SMILES string of the molecule is CCc1ccc(NC(=O)CCc2ccccc2OC)cc1. The number of methoxy groups -OCH3 is 1. The summed E-state index contributed by atoms with van der Waals surface area (Å²) in [7, 11) is 1.65. The minimum Gasteiger partial charge on any atom is -0.496 e. The minimum absolute atomic E-state index is 0.0187. The van der Waals surface area contributed by atoms with Crippen LogP contribution in [0.3, 0.4) is 0 Å². The van der Waals surface area contributed by atoms with E-state index in [9.17, 15) is 4.79 Å². The van der Waals surface area contributed by atoms with Gasteiger partial charge in [0.05, 0.1) is 7.11 Å². The summed E-state index contributed by atoms with van der Waals surface area (Å²) in [4.78, 5) is 12.0. The molecule has 21 heavy (non-hydrogen) atoms. The molecule has 0 aliphatic carbocycles. The predicted octanol–water partition coefficient (Wildman–Crippen LogP) is 3.83. The molecule has 3 heteroatoms. The Balaban J connectivity index is 1.89. The van der Waals surface area contributed by atoms with Crippen LogP contribution in [-0.4, -0.2) is 13.0 Å². The van der Waals surface area contributed by atoms with Crippen molar-refractivity contribution in [1.29, 1.82) is 0 Å². The Kier molecular flexibility index (Phi) is 5.38. The Morgan fingerprint density at radius 1 is 1.10 bits per heavy atom. The molecule has 0 radical (unpaired) electrons. The van der Waals surface area contributed by atoms with Gasteiger partial charge >= 0.3 is 0 Å². The molecule has 0 bridgehead atoms. The molecule has 0 aliphatic rings. The highest BCUT2D eigenvalue weighted by Crippen LogP contribution is 2.19. The van der Waals surface area contributed by atoms with Crippen LogP contribution < -0.4 is 10.1 Å². The quantitative estimate of drug-likeness (QED) is 0.875. The van der Waals surface area contributed by atoms with Crippen LogP contribution in [0.4, 0.5) is 5.69 Å². The van der Waals surface area contributed by atoms with Crippen LogP contribution >= 0.6 is 0 Å².